The lowest BCUT2D eigenvalue weighted by molar-refractivity contribution is 0.195. The minimum Gasteiger partial charge on any atom is -0.385 e. The van der Waals surface area contributed by atoms with Crippen molar-refractivity contribution in [3.8, 4) is 11.3 Å². The topological polar surface area (TPSA) is 34.1 Å². The molecule has 1 heterocycles. The van der Waals surface area contributed by atoms with Crippen molar-refractivity contribution in [1.29, 1.82) is 0 Å². The van der Waals surface area contributed by atoms with Gasteiger partial charge in [0.1, 0.15) is 0 Å². The van der Waals surface area contributed by atoms with Gasteiger partial charge in [0.2, 0.25) is 0 Å². The fourth-order valence-electron chi connectivity index (χ4n) is 2.34. The summed E-state index contributed by atoms with van der Waals surface area (Å²) in [6.07, 6.45) is 4.68. The zero-order chi connectivity index (χ0) is 14.5. The molecular formula is C17H22N2OS. The van der Waals surface area contributed by atoms with Gasteiger partial charge in [-0.2, -0.15) is 0 Å². The molecule has 1 N–H and O–H groups in total. The number of nitrogens with one attached hydrogen (secondary N) is 1. The SMILES string of the molecule is COCCCc1nc(-c2ccccc2)c(CNC2CC2)s1. The van der Waals surface area contributed by atoms with Crippen LogP contribution in [0.1, 0.15) is 29.1 Å². The zero-order valence-corrected chi connectivity index (χ0v) is 13.3. The molecule has 112 valence electrons. The quantitative estimate of drug-likeness (QED) is 0.756. The molecule has 1 saturated carbocycles. The van der Waals surface area contributed by atoms with Crippen LogP contribution in [-0.2, 0) is 17.7 Å². The van der Waals surface area contributed by atoms with Crippen LogP contribution in [0.5, 0.6) is 0 Å². The highest BCUT2D eigenvalue weighted by Crippen LogP contribution is 2.30. The molecule has 1 aliphatic rings. The van der Waals surface area contributed by atoms with Crippen molar-refractivity contribution >= 4 is 11.3 Å². The molecule has 0 spiro atoms. The van der Waals surface area contributed by atoms with E-state index in [4.69, 9.17) is 9.72 Å². The normalized spacial score (nSPS) is 14.5. The van der Waals surface area contributed by atoms with Crippen molar-refractivity contribution in [3.05, 3.63) is 40.2 Å². The molecule has 0 saturated heterocycles. The fraction of sp³-hybridized carbons (Fsp3) is 0.471. The number of methoxy groups -OCH3 is 1. The predicted molar refractivity (Wildman–Crippen MR) is 87.6 cm³/mol. The van der Waals surface area contributed by atoms with E-state index in [0.717, 1.165) is 37.7 Å². The highest BCUT2D eigenvalue weighted by atomic mass is 32.1. The molecule has 3 nitrogen and oxygen atoms in total. The minimum atomic E-state index is 0.729. The van der Waals surface area contributed by atoms with E-state index in [2.05, 4.69) is 35.6 Å². The van der Waals surface area contributed by atoms with Gasteiger partial charge >= 0.3 is 0 Å². The Morgan fingerprint density at radius 3 is 2.81 bits per heavy atom. The number of aryl methyl sites for hydroxylation is 1. The molecular weight excluding hydrogens is 280 g/mol. The summed E-state index contributed by atoms with van der Waals surface area (Å²) in [5.41, 5.74) is 2.38. The molecule has 0 unspecified atom stereocenters. The second-order valence-corrected chi connectivity index (χ2v) is 6.67. The first-order valence-electron chi connectivity index (χ1n) is 7.63. The first kappa shape index (κ1) is 14.7. The maximum Gasteiger partial charge on any atom is 0.0936 e. The van der Waals surface area contributed by atoms with E-state index >= 15 is 0 Å². The highest BCUT2D eigenvalue weighted by molar-refractivity contribution is 7.12. The summed E-state index contributed by atoms with van der Waals surface area (Å²) in [5, 5.41) is 4.83. The van der Waals surface area contributed by atoms with Crippen LogP contribution >= 0.6 is 11.3 Å². The number of thiazole rings is 1. The Morgan fingerprint density at radius 2 is 2.10 bits per heavy atom. The van der Waals surface area contributed by atoms with Crippen molar-refractivity contribution in [3.63, 3.8) is 0 Å². The van der Waals surface area contributed by atoms with Crippen molar-refractivity contribution in [2.45, 2.75) is 38.3 Å². The van der Waals surface area contributed by atoms with Gasteiger partial charge in [-0.1, -0.05) is 30.3 Å². The van der Waals surface area contributed by atoms with Crippen LogP contribution in [0.4, 0.5) is 0 Å². The summed E-state index contributed by atoms with van der Waals surface area (Å²) in [6, 6.07) is 11.2. The van der Waals surface area contributed by atoms with Crippen molar-refractivity contribution in [2.24, 2.45) is 0 Å². The standard InChI is InChI=1S/C17H22N2OS/c1-20-11-5-8-16-19-17(13-6-3-2-4-7-13)15(21-16)12-18-14-9-10-14/h2-4,6-7,14,18H,5,8-12H2,1H3. The Bertz CT molecular complexity index is 563. The maximum atomic E-state index is 5.14. The van der Waals surface area contributed by atoms with Gasteiger partial charge < -0.3 is 10.1 Å². The number of hydrogen-bond acceptors (Lipinski definition) is 4. The van der Waals surface area contributed by atoms with Crippen molar-refractivity contribution < 1.29 is 4.74 Å². The number of ether oxygens (including phenoxy) is 1. The summed E-state index contributed by atoms with van der Waals surface area (Å²) < 4.78 is 5.14. The lowest BCUT2D eigenvalue weighted by Crippen LogP contribution is -2.14. The Hall–Kier alpha value is -1.23. The Labute approximate surface area is 130 Å². The first-order chi connectivity index (χ1) is 10.4. The molecule has 1 aromatic heterocycles. The lowest BCUT2D eigenvalue weighted by Gasteiger charge is -2.03. The molecule has 1 aliphatic carbocycles. The van der Waals surface area contributed by atoms with E-state index in [-0.39, 0.29) is 0 Å². The van der Waals surface area contributed by atoms with Crippen molar-refractivity contribution in [2.75, 3.05) is 13.7 Å². The van der Waals surface area contributed by atoms with Gasteiger partial charge in [0.05, 0.1) is 10.7 Å². The van der Waals surface area contributed by atoms with Gasteiger partial charge in [-0.25, -0.2) is 4.98 Å². The minimum absolute atomic E-state index is 0.729. The van der Waals surface area contributed by atoms with E-state index in [9.17, 15) is 0 Å². The summed E-state index contributed by atoms with van der Waals surface area (Å²) in [5.74, 6) is 0. The largest absolute Gasteiger partial charge is 0.385 e. The van der Waals surface area contributed by atoms with E-state index < -0.39 is 0 Å². The fourth-order valence-corrected chi connectivity index (χ4v) is 3.42. The van der Waals surface area contributed by atoms with Gasteiger partial charge in [0.15, 0.2) is 0 Å². The Balaban J connectivity index is 1.77. The van der Waals surface area contributed by atoms with Crippen LogP contribution in [0.25, 0.3) is 11.3 Å². The third-order valence-corrected chi connectivity index (χ3v) is 4.77. The van der Waals surface area contributed by atoms with Crippen LogP contribution in [0.2, 0.25) is 0 Å². The molecule has 0 aliphatic heterocycles. The zero-order valence-electron chi connectivity index (χ0n) is 12.5. The highest BCUT2D eigenvalue weighted by Gasteiger charge is 2.21. The van der Waals surface area contributed by atoms with Crippen LogP contribution in [0.15, 0.2) is 30.3 Å². The molecule has 3 rings (SSSR count). The monoisotopic (exact) mass is 302 g/mol. The smallest absolute Gasteiger partial charge is 0.0936 e. The van der Waals surface area contributed by atoms with Gasteiger partial charge in [-0.15, -0.1) is 11.3 Å². The second-order valence-electron chi connectivity index (χ2n) is 5.50. The lowest BCUT2D eigenvalue weighted by atomic mass is 10.1. The van der Waals surface area contributed by atoms with Gasteiger partial charge in [-0.05, 0) is 19.3 Å². The summed E-state index contributed by atoms with van der Waals surface area (Å²) in [4.78, 5) is 6.24. The molecule has 1 fully saturated rings. The molecule has 1 aromatic carbocycles. The van der Waals surface area contributed by atoms with E-state index in [1.165, 1.54) is 28.3 Å². The van der Waals surface area contributed by atoms with Crippen LogP contribution in [0, 0.1) is 0 Å². The summed E-state index contributed by atoms with van der Waals surface area (Å²) >= 11 is 1.85. The number of aromatic nitrogens is 1. The average molecular weight is 302 g/mol. The van der Waals surface area contributed by atoms with E-state index in [1.807, 2.05) is 11.3 Å². The Morgan fingerprint density at radius 1 is 1.29 bits per heavy atom. The van der Waals surface area contributed by atoms with Crippen LogP contribution in [0.3, 0.4) is 0 Å². The summed E-state index contributed by atoms with van der Waals surface area (Å²) in [7, 11) is 1.75. The number of hydrogen-bond donors (Lipinski definition) is 1. The van der Waals surface area contributed by atoms with Crippen molar-refractivity contribution in [1.82, 2.24) is 10.3 Å². The predicted octanol–water partition coefficient (Wildman–Crippen LogP) is 3.64. The van der Waals surface area contributed by atoms with Gasteiger partial charge in [-0.3, -0.25) is 0 Å². The molecule has 0 bridgehead atoms. The van der Waals surface area contributed by atoms with E-state index in [1.54, 1.807) is 7.11 Å². The summed E-state index contributed by atoms with van der Waals surface area (Å²) in [6.45, 7) is 1.74. The van der Waals surface area contributed by atoms with Gasteiger partial charge in [0, 0.05) is 43.2 Å². The molecule has 0 atom stereocenters. The molecule has 0 amide bonds. The number of benzene rings is 1. The Kier molecular flexibility index (Phi) is 5.01. The molecule has 2 aromatic rings. The van der Waals surface area contributed by atoms with E-state index in [0.29, 0.717) is 0 Å². The molecule has 4 heteroatoms. The molecule has 0 radical (unpaired) electrons. The number of rotatable bonds is 8. The van der Waals surface area contributed by atoms with Crippen LogP contribution < -0.4 is 5.32 Å². The third kappa shape index (κ3) is 4.13. The second kappa shape index (κ2) is 7.16. The van der Waals surface area contributed by atoms with Crippen LogP contribution in [-0.4, -0.2) is 24.7 Å². The van der Waals surface area contributed by atoms with Gasteiger partial charge in [0.25, 0.3) is 0 Å². The average Bonchev–Trinajstić information content (AvgIpc) is 3.26. The third-order valence-electron chi connectivity index (χ3n) is 3.66. The number of nitrogens with zero attached hydrogens (tertiary/aromatic N) is 1. The maximum absolute atomic E-state index is 5.14. The molecule has 21 heavy (non-hydrogen) atoms. The first-order valence-corrected chi connectivity index (χ1v) is 8.45.